The van der Waals surface area contributed by atoms with E-state index in [9.17, 15) is 4.79 Å². The van der Waals surface area contributed by atoms with E-state index in [2.05, 4.69) is 5.32 Å². The van der Waals surface area contributed by atoms with Crippen molar-refractivity contribution in [3.05, 3.63) is 59.2 Å². The van der Waals surface area contributed by atoms with E-state index < -0.39 is 0 Å². The molecular formula is C17H20N2O. The summed E-state index contributed by atoms with van der Waals surface area (Å²) in [5.41, 5.74) is 10.8. The molecule has 0 atom stereocenters. The number of hydrogen-bond acceptors (Lipinski definition) is 2. The quantitative estimate of drug-likeness (QED) is 0.834. The highest BCUT2D eigenvalue weighted by Crippen LogP contribution is 2.15. The fourth-order valence-corrected chi connectivity index (χ4v) is 2.05. The molecule has 0 fully saturated rings. The lowest BCUT2D eigenvalue weighted by atomic mass is 10.1. The largest absolute Gasteiger partial charge is 0.399 e. The van der Waals surface area contributed by atoms with Gasteiger partial charge in [-0.2, -0.15) is 0 Å². The normalized spacial score (nSPS) is 10.3. The van der Waals surface area contributed by atoms with Crippen molar-refractivity contribution in [3.8, 4) is 0 Å². The lowest BCUT2D eigenvalue weighted by Crippen LogP contribution is -2.12. The minimum atomic E-state index is 0.0229. The van der Waals surface area contributed by atoms with E-state index in [0.717, 1.165) is 28.1 Å². The van der Waals surface area contributed by atoms with Gasteiger partial charge < -0.3 is 11.1 Å². The molecule has 0 radical (unpaired) electrons. The van der Waals surface area contributed by atoms with Crippen molar-refractivity contribution in [2.24, 2.45) is 0 Å². The van der Waals surface area contributed by atoms with Gasteiger partial charge in [-0.1, -0.05) is 24.3 Å². The van der Waals surface area contributed by atoms with Crippen LogP contribution < -0.4 is 11.1 Å². The zero-order valence-electron chi connectivity index (χ0n) is 11.9. The van der Waals surface area contributed by atoms with Crippen molar-refractivity contribution >= 4 is 17.3 Å². The van der Waals surface area contributed by atoms with Crippen LogP contribution in [0.2, 0.25) is 0 Å². The monoisotopic (exact) mass is 268 g/mol. The molecular weight excluding hydrogens is 248 g/mol. The Hall–Kier alpha value is -2.29. The van der Waals surface area contributed by atoms with Crippen LogP contribution in [0.25, 0.3) is 0 Å². The highest BCUT2D eigenvalue weighted by atomic mass is 16.1. The maximum absolute atomic E-state index is 11.9. The Kier molecular flexibility index (Phi) is 4.41. The lowest BCUT2D eigenvalue weighted by Gasteiger charge is -2.07. The molecule has 104 valence electrons. The van der Waals surface area contributed by atoms with Crippen LogP contribution in [0, 0.1) is 13.8 Å². The summed E-state index contributed by atoms with van der Waals surface area (Å²) in [5, 5.41) is 2.91. The maximum atomic E-state index is 11.9. The van der Waals surface area contributed by atoms with Crippen molar-refractivity contribution in [2.75, 3.05) is 11.1 Å². The van der Waals surface area contributed by atoms with E-state index in [0.29, 0.717) is 12.8 Å². The fourth-order valence-electron chi connectivity index (χ4n) is 2.05. The summed E-state index contributed by atoms with van der Waals surface area (Å²) in [7, 11) is 0. The molecule has 0 spiro atoms. The number of carbonyl (C=O) groups is 1. The second-order valence-corrected chi connectivity index (χ2v) is 5.11. The Morgan fingerprint density at radius 1 is 1.15 bits per heavy atom. The second-order valence-electron chi connectivity index (χ2n) is 5.11. The Bertz CT molecular complexity index is 620. The number of amides is 1. The molecule has 0 aromatic heterocycles. The third-order valence-corrected chi connectivity index (χ3v) is 3.29. The van der Waals surface area contributed by atoms with Gasteiger partial charge in [0, 0.05) is 17.8 Å². The smallest absolute Gasteiger partial charge is 0.224 e. The Morgan fingerprint density at radius 2 is 1.95 bits per heavy atom. The molecule has 3 nitrogen and oxygen atoms in total. The van der Waals surface area contributed by atoms with E-state index in [1.807, 2.05) is 56.3 Å². The lowest BCUT2D eigenvalue weighted by molar-refractivity contribution is -0.116. The standard InChI is InChI=1S/C17H20N2O/c1-12-4-3-5-15(10-12)19-17(20)9-8-14-7-6-13(2)16(18)11-14/h3-7,10-11H,8-9,18H2,1-2H3,(H,19,20). The van der Waals surface area contributed by atoms with Crippen molar-refractivity contribution in [3.63, 3.8) is 0 Å². The van der Waals surface area contributed by atoms with Crippen molar-refractivity contribution in [2.45, 2.75) is 26.7 Å². The van der Waals surface area contributed by atoms with E-state index in [1.165, 1.54) is 0 Å². The van der Waals surface area contributed by atoms with Crippen LogP contribution in [-0.2, 0) is 11.2 Å². The molecule has 0 heterocycles. The zero-order valence-corrected chi connectivity index (χ0v) is 11.9. The molecule has 0 saturated carbocycles. The van der Waals surface area contributed by atoms with Gasteiger partial charge >= 0.3 is 0 Å². The van der Waals surface area contributed by atoms with Gasteiger partial charge in [-0.15, -0.1) is 0 Å². The molecule has 0 unspecified atom stereocenters. The van der Waals surface area contributed by atoms with E-state index in [4.69, 9.17) is 5.73 Å². The van der Waals surface area contributed by atoms with Crippen LogP contribution >= 0.6 is 0 Å². The van der Waals surface area contributed by atoms with E-state index in [1.54, 1.807) is 0 Å². The van der Waals surface area contributed by atoms with Crippen molar-refractivity contribution in [1.29, 1.82) is 0 Å². The summed E-state index contributed by atoms with van der Waals surface area (Å²) in [5.74, 6) is 0.0229. The van der Waals surface area contributed by atoms with Crippen molar-refractivity contribution < 1.29 is 4.79 Å². The molecule has 2 aromatic carbocycles. The summed E-state index contributed by atoms with van der Waals surface area (Å²) >= 11 is 0. The zero-order chi connectivity index (χ0) is 14.5. The number of anilines is 2. The highest BCUT2D eigenvalue weighted by Gasteiger charge is 2.04. The Morgan fingerprint density at radius 3 is 2.65 bits per heavy atom. The molecule has 3 N–H and O–H groups in total. The van der Waals surface area contributed by atoms with Crippen LogP contribution in [0.4, 0.5) is 11.4 Å². The molecule has 0 bridgehead atoms. The molecule has 2 rings (SSSR count). The van der Waals surface area contributed by atoms with Gasteiger partial charge in [0.25, 0.3) is 0 Å². The summed E-state index contributed by atoms with van der Waals surface area (Å²) < 4.78 is 0. The average Bonchev–Trinajstić information content (AvgIpc) is 2.40. The van der Waals surface area contributed by atoms with Gasteiger partial charge in [-0.3, -0.25) is 4.79 Å². The number of carbonyl (C=O) groups excluding carboxylic acids is 1. The van der Waals surface area contributed by atoms with Gasteiger partial charge in [-0.25, -0.2) is 0 Å². The summed E-state index contributed by atoms with van der Waals surface area (Å²) in [6, 6.07) is 13.7. The first-order chi connectivity index (χ1) is 9.54. The molecule has 0 saturated heterocycles. The number of nitrogen functional groups attached to an aromatic ring is 1. The van der Waals surface area contributed by atoms with Gasteiger partial charge in [0.15, 0.2) is 0 Å². The highest BCUT2D eigenvalue weighted by molar-refractivity contribution is 5.90. The van der Waals surface area contributed by atoms with Gasteiger partial charge in [0.2, 0.25) is 5.91 Å². The third kappa shape index (κ3) is 3.85. The Labute approximate surface area is 119 Å². The minimum absolute atomic E-state index is 0.0229. The average molecular weight is 268 g/mol. The molecule has 20 heavy (non-hydrogen) atoms. The van der Waals surface area contributed by atoms with Crippen LogP contribution in [0.3, 0.4) is 0 Å². The van der Waals surface area contributed by atoms with Crippen molar-refractivity contribution in [1.82, 2.24) is 0 Å². The fraction of sp³-hybridized carbons (Fsp3) is 0.235. The van der Waals surface area contributed by atoms with Crippen LogP contribution in [0.5, 0.6) is 0 Å². The molecule has 1 amide bonds. The van der Waals surface area contributed by atoms with Crippen LogP contribution in [0.15, 0.2) is 42.5 Å². The predicted molar refractivity (Wildman–Crippen MR) is 83.7 cm³/mol. The molecule has 0 aliphatic carbocycles. The molecule has 3 heteroatoms. The Balaban J connectivity index is 1.90. The number of benzene rings is 2. The second kappa shape index (κ2) is 6.24. The topological polar surface area (TPSA) is 55.1 Å². The first kappa shape index (κ1) is 14.1. The molecule has 0 aliphatic rings. The number of hydrogen-bond donors (Lipinski definition) is 2. The predicted octanol–water partition coefficient (Wildman–Crippen LogP) is 3.46. The summed E-state index contributed by atoms with van der Waals surface area (Å²) in [4.78, 5) is 11.9. The molecule has 0 aliphatic heterocycles. The third-order valence-electron chi connectivity index (χ3n) is 3.29. The first-order valence-electron chi connectivity index (χ1n) is 6.76. The first-order valence-corrected chi connectivity index (χ1v) is 6.76. The van der Waals surface area contributed by atoms with Gasteiger partial charge in [0.1, 0.15) is 0 Å². The van der Waals surface area contributed by atoms with Gasteiger partial charge in [-0.05, 0) is 55.2 Å². The minimum Gasteiger partial charge on any atom is -0.399 e. The number of aryl methyl sites for hydroxylation is 3. The van der Waals surface area contributed by atoms with Gasteiger partial charge in [0.05, 0.1) is 0 Å². The van der Waals surface area contributed by atoms with Crippen LogP contribution in [0.1, 0.15) is 23.1 Å². The van der Waals surface area contributed by atoms with E-state index in [-0.39, 0.29) is 5.91 Å². The number of nitrogens with one attached hydrogen (secondary N) is 1. The SMILES string of the molecule is Cc1cccc(NC(=O)CCc2ccc(C)c(N)c2)c1. The van der Waals surface area contributed by atoms with Crippen LogP contribution in [-0.4, -0.2) is 5.91 Å². The molecule has 2 aromatic rings. The summed E-state index contributed by atoms with van der Waals surface area (Å²) in [6.07, 6.45) is 1.15. The number of rotatable bonds is 4. The maximum Gasteiger partial charge on any atom is 0.224 e. The summed E-state index contributed by atoms with van der Waals surface area (Å²) in [6.45, 7) is 3.98. The number of nitrogens with two attached hydrogens (primary N) is 1. The van der Waals surface area contributed by atoms with E-state index >= 15 is 0 Å².